The highest BCUT2D eigenvalue weighted by Gasteiger charge is 2.19. The van der Waals surface area contributed by atoms with Crippen molar-refractivity contribution in [2.75, 3.05) is 0 Å². The molecule has 2 nitrogen and oxygen atoms in total. The third-order valence-corrected chi connectivity index (χ3v) is 2.49. The molecule has 1 atom stereocenters. The summed E-state index contributed by atoms with van der Waals surface area (Å²) in [5.74, 6) is 0.278. The zero-order chi connectivity index (χ0) is 11.0. The van der Waals surface area contributed by atoms with Gasteiger partial charge in [-0.25, -0.2) is 0 Å². The van der Waals surface area contributed by atoms with Crippen molar-refractivity contribution in [2.45, 2.75) is 57.6 Å². The smallest absolute Gasteiger partial charge is 0.316 e. The Kier molecular flexibility index (Phi) is 8.05. The molecule has 1 rings (SSSR count). The molecule has 14 heavy (non-hydrogen) atoms. The van der Waals surface area contributed by atoms with Crippen molar-refractivity contribution in [3.8, 4) is 0 Å². The summed E-state index contributed by atoms with van der Waals surface area (Å²) in [6.07, 6.45) is 8.91. The molecule has 0 bridgehead atoms. The van der Waals surface area contributed by atoms with E-state index >= 15 is 0 Å². The van der Waals surface area contributed by atoms with Crippen molar-refractivity contribution in [1.82, 2.24) is 0 Å². The van der Waals surface area contributed by atoms with Gasteiger partial charge in [0.15, 0.2) is 0 Å². The third kappa shape index (κ3) is 9.90. The van der Waals surface area contributed by atoms with Crippen LogP contribution in [-0.2, 0) is 4.79 Å². The molecule has 0 saturated heterocycles. The first-order chi connectivity index (χ1) is 6.57. The largest absolute Gasteiger partial charge is 0.480 e. The number of hydrogen-bond donors (Lipinski definition) is 2. The summed E-state index contributed by atoms with van der Waals surface area (Å²) in [7, 11) is 0. The van der Waals surface area contributed by atoms with Gasteiger partial charge in [0.25, 0.3) is 0 Å². The molecule has 0 aromatic rings. The van der Waals surface area contributed by atoms with Crippen molar-refractivity contribution < 1.29 is 9.90 Å². The van der Waals surface area contributed by atoms with Crippen LogP contribution in [0.1, 0.15) is 52.4 Å². The van der Waals surface area contributed by atoms with Crippen LogP contribution < -0.4 is 0 Å². The van der Waals surface area contributed by atoms with E-state index in [-0.39, 0.29) is 0 Å². The van der Waals surface area contributed by atoms with Gasteiger partial charge in [-0.1, -0.05) is 45.4 Å². The van der Waals surface area contributed by atoms with Gasteiger partial charge in [-0.2, -0.15) is 12.6 Å². The maximum Gasteiger partial charge on any atom is 0.316 e. The predicted octanol–water partition coefficient (Wildman–Crippen LogP) is 3.37. The number of unbranched alkanes of at least 4 members (excludes halogenated alkanes) is 2. The number of rotatable bonds is 5. The fourth-order valence-corrected chi connectivity index (χ4v) is 1.09. The van der Waals surface area contributed by atoms with E-state index in [1.165, 1.54) is 45.4 Å². The Balaban J connectivity index is 0.000000255. The molecule has 0 aliphatic heterocycles. The number of carbonyl (C=O) groups is 1. The lowest BCUT2D eigenvalue weighted by Crippen LogP contribution is -2.06. The minimum atomic E-state index is -0.877. The second kappa shape index (κ2) is 8.16. The Bertz CT molecular complexity index is 153. The third-order valence-electron chi connectivity index (χ3n) is 2.27. The topological polar surface area (TPSA) is 37.3 Å². The molecule has 0 amide bonds. The fraction of sp³-hybridized carbons (Fsp3) is 0.909. The molecule has 0 aromatic heterocycles. The maximum atomic E-state index is 9.62. The Morgan fingerprint density at radius 3 is 2.29 bits per heavy atom. The van der Waals surface area contributed by atoms with Gasteiger partial charge in [0.1, 0.15) is 0 Å². The summed E-state index contributed by atoms with van der Waals surface area (Å²) in [6.45, 7) is 3.78. The molecule has 1 saturated carbocycles. The van der Waals surface area contributed by atoms with Gasteiger partial charge in [0.05, 0.1) is 5.25 Å². The summed E-state index contributed by atoms with van der Waals surface area (Å²) < 4.78 is 0. The van der Waals surface area contributed by atoms with Crippen LogP contribution in [0.4, 0.5) is 0 Å². The van der Waals surface area contributed by atoms with Gasteiger partial charge in [0, 0.05) is 0 Å². The molecule has 1 N–H and O–H groups in total. The number of hydrogen-bond acceptors (Lipinski definition) is 2. The first kappa shape index (κ1) is 13.8. The van der Waals surface area contributed by atoms with E-state index in [4.69, 9.17) is 5.11 Å². The standard InChI is InChI=1S/C8H16.C3H6O2S/c1-2-3-4-5-8-6-7-8;1-2(6)3(4)5/h8H,2-7H2,1H3;2,6H,1H3,(H,4,5). The van der Waals surface area contributed by atoms with E-state index in [0.717, 1.165) is 5.92 Å². The van der Waals surface area contributed by atoms with Crippen LogP contribution in [0, 0.1) is 5.92 Å². The molecular formula is C11H22O2S. The van der Waals surface area contributed by atoms with Gasteiger partial charge >= 0.3 is 5.97 Å². The number of aliphatic carboxylic acids is 1. The SMILES string of the molecule is CC(S)C(=O)O.CCCCCC1CC1. The predicted molar refractivity (Wildman–Crippen MR) is 62.9 cm³/mol. The average molecular weight is 218 g/mol. The van der Waals surface area contributed by atoms with E-state index in [1.807, 2.05) is 0 Å². The van der Waals surface area contributed by atoms with Gasteiger partial charge in [-0.3, -0.25) is 4.79 Å². The summed E-state index contributed by atoms with van der Waals surface area (Å²) in [6, 6.07) is 0. The Morgan fingerprint density at radius 2 is 2.00 bits per heavy atom. The lowest BCUT2D eigenvalue weighted by atomic mass is 10.1. The molecule has 1 fully saturated rings. The fourth-order valence-electron chi connectivity index (χ4n) is 1.09. The minimum Gasteiger partial charge on any atom is -0.480 e. The van der Waals surface area contributed by atoms with Crippen molar-refractivity contribution in [3.63, 3.8) is 0 Å². The van der Waals surface area contributed by atoms with Gasteiger partial charge in [-0.05, 0) is 12.8 Å². The molecule has 84 valence electrons. The zero-order valence-corrected chi connectivity index (χ0v) is 10.1. The van der Waals surface area contributed by atoms with E-state index in [0.29, 0.717) is 0 Å². The van der Waals surface area contributed by atoms with Gasteiger partial charge in [-0.15, -0.1) is 0 Å². The lowest BCUT2D eigenvalue weighted by Gasteiger charge is -1.92. The minimum absolute atomic E-state index is 0.537. The Labute approximate surface area is 92.5 Å². The first-order valence-electron chi connectivity index (χ1n) is 5.48. The van der Waals surface area contributed by atoms with E-state index in [9.17, 15) is 4.79 Å². The van der Waals surface area contributed by atoms with Crippen molar-refractivity contribution in [1.29, 1.82) is 0 Å². The quantitative estimate of drug-likeness (QED) is 0.548. The molecule has 3 heteroatoms. The molecule has 1 aliphatic carbocycles. The second-order valence-corrected chi connectivity index (χ2v) is 4.73. The van der Waals surface area contributed by atoms with Crippen LogP contribution in [0.5, 0.6) is 0 Å². The van der Waals surface area contributed by atoms with Crippen molar-refractivity contribution in [3.05, 3.63) is 0 Å². The van der Waals surface area contributed by atoms with E-state index in [2.05, 4.69) is 19.6 Å². The van der Waals surface area contributed by atoms with Gasteiger partial charge in [0.2, 0.25) is 0 Å². The highest BCUT2D eigenvalue weighted by molar-refractivity contribution is 7.81. The summed E-state index contributed by atoms with van der Waals surface area (Å²) in [5.41, 5.74) is 0. The Hall–Kier alpha value is -0.180. The second-order valence-electron chi connectivity index (χ2n) is 3.95. The number of carboxylic acids is 1. The highest BCUT2D eigenvalue weighted by atomic mass is 32.1. The van der Waals surface area contributed by atoms with E-state index in [1.54, 1.807) is 0 Å². The summed E-state index contributed by atoms with van der Waals surface area (Å²) in [5, 5.41) is 7.38. The lowest BCUT2D eigenvalue weighted by molar-refractivity contribution is -0.136. The normalized spacial score (nSPS) is 16.8. The summed E-state index contributed by atoms with van der Waals surface area (Å²) in [4.78, 5) is 9.62. The first-order valence-corrected chi connectivity index (χ1v) is 6.00. The summed E-state index contributed by atoms with van der Waals surface area (Å²) >= 11 is 3.59. The molecular weight excluding hydrogens is 196 g/mol. The molecule has 1 unspecified atom stereocenters. The maximum absolute atomic E-state index is 9.62. The van der Waals surface area contributed by atoms with Crippen LogP contribution in [0.3, 0.4) is 0 Å². The number of thiol groups is 1. The van der Waals surface area contributed by atoms with E-state index < -0.39 is 11.2 Å². The van der Waals surface area contributed by atoms with Crippen LogP contribution in [0.25, 0.3) is 0 Å². The van der Waals surface area contributed by atoms with Crippen LogP contribution in [-0.4, -0.2) is 16.3 Å². The monoisotopic (exact) mass is 218 g/mol. The zero-order valence-electron chi connectivity index (χ0n) is 9.20. The van der Waals surface area contributed by atoms with Gasteiger partial charge < -0.3 is 5.11 Å². The molecule has 0 spiro atoms. The average Bonchev–Trinajstić information content (AvgIpc) is 2.89. The number of carboxylic acid groups (broad SMARTS) is 1. The van der Waals surface area contributed by atoms with Crippen molar-refractivity contribution >= 4 is 18.6 Å². The van der Waals surface area contributed by atoms with Crippen LogP contribution in [0.15, 0.2) is 0 Å². The molecule has 0 heterocycles. The van der Waals surface area contributed by atoms with Crippen LogP contribution >= 0.6 is 12.6 Å². The Morgan fingerprint density at radius 1 is 1.50 bits per heavy atom. The molecule has 0 aromatic carbocycles. The molecule has 1 aliphatic rings. The van der Waals surface area contributed by atoms with Crippen molar-refractivity contribution in [2.24, 2.45) is 5.92 Å². The highest BCUT2D eigenvalue weighted by Crippen LogP contribution is 2.33. The molecule has 0 radical (unpaired) electrons. The van der Waals surface area contributed by atoms with Crippen LogP contribution in [0.2, 0.25) is 0 Å².